The van der Waals surface area contributed by atoms with E-state index in [1.165, 1.54) is 0 Å². The molecule has 0 bridgehead atoms. The van der Waals surface area contributed by atoms with Crippen molar-refractivity contribution in [1.82, 2.24) is 19.8 Å². The molecule has 4 rings (SSSR count). The molecule has 8 heteroatoms. The minimum absolute atomic E-state index is 0.116. The van der Waals surface area contributed by atoms with Gasteiger partial charge >= 0.3 is 0 Å². The lowest BCUT2D eigenvalue weighted by atomic mass is 10.2. The second kappa shape index (κ2) is 8.60. The lowest BCUT2D eigenvalue weighted by molar-refractivity contribution is 0.0745. The Morgan fingerprint density at radius 3 is 2.07 bits per heavy atom. The predicted molar refractivity (Wildman–Crippen MR) is 119 cm³/mol. The Morgan fingerprint density at radius 1 is 0.893 bits per heavy atom. The van der Waals surface area contributed by atoms with Crippen LogP contribution in [0.3, 0.4) is 0 Å². The van der Waals surface area contributed by atoms with Crippen molar-refractivity contribution < 1.29 is 4.79 Å². The first-order valence-electron chi connectivity index (χ1n) is 9.66. The second-order valence-electron chi connectivity index (χ2n) is 7.28. The number of halogens is 1. The molecule has 0 saturated carbocycles. The zero-order chi connectivity index (χ0) is 19.5. The van der Waals surface area contributed by atoms with Gasteiger partial charge in [0.1, 0.15) is 18.0 Å². The van der Waals surface area contributed by atoms with E-state index in [0.717, 1.165) is 60.0 Å². The Hall–Kier alpha value is -1.94. The molecule has 0 unspecified atom stereocenters. The molecule has 2 fully saturated rings. The highest BCUT2D eigenvalue weighted by Gasteiger charge is 2.24. The number of rotatable bonds is 3. The van der Waals surface area contributed by atoms with Gasteiger partial charge in [-0.25, -0.2) is 9.97 Å². The summed E-state index contributed by atoms with van der Waals surface area (Å²) in [6.45, 7) is 7.07. The number of likely N-dealkylation sites (N-methyl/N-ethyl adjacent to an activating group) is 1. The fourth-order valence-corrected chi connectivity index (χ4v) is 4.28. The summed E-state index contributed by atoms with van der Waals surface area (Å²) in [6.07, 6.45) is 1.66. The van der Waals surface area contributed by atoms with Crippen molar-refractivity contribution in [2.45, 2.75) is 0 Å². The van der Waals surface area contributed by atoms with E-state index in [4.69, 9.17) is 0 Å². The molecule has 2 aromatic rings. The molecule has 2 aliphatic rings. The summed E-state index contributed by atoms with van der Waals surface area (Å²) in [5.74, 6) is 2.06. The van der Waals surface area contributed by atoms with Crippen molar-refractivity contribution in [3.63, 3.8) is 0 Å². The van der Waals surface area contributed by atoms with Crippen LogP contribution in [0.25, 0.3) is 0 Å². The SMILES string of the molecule is CN1CCN(c2cc(N3CCN(C(=O)c4ccccc4I)CC3)ncn2)CC1. The molecule has 2 aliphatic heterocycles. The van der Waals surface area contributed by atoms with Gasteiger partial charge < -0.3 is 19.6 Å². The van der Waals surface area contributed by atoms with Gasteiger partial charge in [-0.15, -0.1) is 0 Å². The van der Waals surface area contributed by atoms with E-state index < -0.39 is 0 Å². The molecule has 0 spiro atoms. The van der Waals surface area contributed by atoms with Gasteiger partial charge in [-0.2, -0.15) is 0 Å². The van der Waals surface area contributed by atoms with Crippen LogP contribution in [0.2, 0.25) is 0 Å². The van der Waals surface area contributed by atoms with Gasteiger partial charge in [0.2, 0.25) is 0 Å². The predicted octanol–water partition coefficient (Wildman–Crippen LogP) is 1.80. The highest BCUT2D eigenvalue weighted by molar-refractivity contribution is 14.1. The Balaban J connectivity index is 1.39. The lowest BCUT2D eigenvalue weighted by Crippen LogP contribution is -2.49. The van der Waals surface area contributed by atoms with Crippen LogP contribution in [0.4, 0.5) is 11.6 Å². The first-order valence-corrected chi connectivity index (χ1v) is 10.7. The van der Waals surface area contributed by atoms with Crippen LogP contribution in [-0.4, -0.2) is 85.1 Å². The van der Waals surface area contributed by atoms with Gasteiger partial charge in [0.15, 0.2) is 0 Å². The van der Waals surface area contributed by atoms with E-state index >= 15 is 0 Å². The van der Waals surface area contributed by atoms with Crippen LogP contribution >= 0.6 is 22.6 Å². The molecule has 148 valence electrons. The molecule has 0 radical (unpaired) electrons. The molecular formula is C20H25IN6O. The molecule has 1 aromatic carbocycles. The van der Waals surface area contributed by atoms with Crippen molar-refractivity contribution >= 4 is 40.1 Å². The summed E-state index contributed by atoms with van der Waals surface area (Å²) >= 11 is 2.23. The molecule has 28 heavy (non-hydrogen) atoms. The molecule has 2 saturated heterocycles. The zero-order valence-corrected chi connectivity index (χ0v) is 18.2. The minimum atomic E-state index is 0.116. The number of hydrogen-bond acceptors (Lipinski definition) is 6. The van der Waals surface area contributed by atoms with Gasteiger partial charge in [0.05, 0.1) is 5.56 Å². The number of hydrogen-bond donors (Lipinski definition) is 0. The maximum absolute atomic E-state index is 12.8. The normalized spacial score (nSPS) is 18.4. The Bertz CT molecular complexity index is 831. The standard InChI is InChI=1S/C20H25IN6O/c1-24-6-8-25(9-7-24)18-14-19(23-15-22-18)26-10-12-27(13-11-26)20(28)16-4-2-3-5-17(16)21/h2-5,14-15H,6-13H2,1H3. The number of piperazine rings is 2. The van der Waals surface area contributed by atoms with E-state index in [2.05, 4.69) is 60.4 Å². The highest BCUT2D eigenvalue weighted by atomic mass is 127. The summed E-state index contributed by atoms with van der Waals surface area (Å²) in [6, 6.07) is 9.85. The molecule has 1 aromatic heterocycles. The van der Waals surface area contributed by atoms with Gasteiger partial charge in [0, 0.05) is 62.0 Å². The Morgan fingerprint density at radius 2 is 1.46 bits per heavy atom. The molecule has 3 heterocycles. The van der Waals surface area contributed by atoms with Crippen LogP contribution in [0.5, 0.6) is 0 Å². The molecule has 0 N–H and O–H groups in total. The average molecular weight is 492 g/mol. The maximum atomic E-state index is 12.8. The van der Waals surface area contributed by atoms with Crippen molar-refractivity contribution in [2.75, 3.05) is 69.2 Å². The topological polar surface area (TPSA) is 55.8 Å². The largest absolute Gasteiger partial charge is 0.354 e. The number of anilines is 2. The van der Waals surface area contributed by atoms with Crippen molar-refractivity contribution in [3.8, 4) is 0 Å². The average Bonchev–Trinajstić information content (AvgIpc) is 2.74. The van der Waals surface area contributed by atoms with Crippen molar-refractivity contribution in [2.24, 2.45) is 0 Å². The van der Waals surface area contributed by atoms with Gasteiger partial charge in [-0.3, -0.25) is 4.79 Å². The summed E-state index contributed by atoms with van der Waals surface area (Å²) in [5, 5.41) is 0. The van der Waals surface area contributed by atoms with E-state index in [1.807, 2.05) is 29.2 Å². The number of aromatic nitrogens is 2. The summed E-state index contributed by atoms with van der Waals surface area (Å²) in [7, 11) is 2.15. The van der Waals surface area contributed by atoms with Crippen LogP contribution < -0.4 is 9.80 Å². The molecule has 0 atom stereocenters. The second-order valence-corrected chi connectivity index (χ2v) is 8.45. The van der Waals surface area contributed by atoms with Crippen molar-refractivity contribution in [1.29, 1.82) is 0 Å². The van der Waals surface area contributed by atoms with E-state index in [0.29, 0.717) is 13.1 Å². The number of benzene rings is 1. The third-order valence-electron chi connectivity index (χ3n) is 5.46. The third kappa shape index (κ3) is 4.22. The first kappa shape index (κ1) is 19.4. The Kier molecular flexibility index (Phi) is 5.96. The smallest absolute Gasteiger partial charge is 0.255 e. The number of carbonyl (C=O) groups excluding carboxylic acids is 1. The van der Waals surface area contributed by atoms with Crippen molar-refractivity contribution in [3.05, 3.63) is 45.8 Å². The number of amides is 1. The van der Waals surface area contributed by atoms with E-state index in [1.54, 1.807) is 6.33 Å². The minimum Gasteiger partial charge on any atom is -0.354 e. The fraction of sp³-hybridized carbons (Fsp3) is 0.450. The van der Waals surface area contributed by atoms with Gasteiger partial charge in [0.25, 0.3) is 5.91 Å². The fourth-order valence-electron chi connectivity index (χ4n) is 3.66. The quantitative estimate of drug-likeness (QED) is 0.610. The summed E-state index contributed by atoms with van der Waals surface area (Å²) in [5.41, 5.74) is 0.788. The zero-order valence-electron chi connectivity index (χ0n) is 16.1. The van der Waals surface area contributed by atoms with E-state index in [-0.39, 0.29) is 5.91 Å². The summed E-state index contributed by atoms with van der Waals surface area (Å²) in [4.78, 5) is 30.6. The molecule has 0 aliphatic carbocycles. The molecule has 1 amide bonds. The van der Waals surface area contributed by atoms with E-state index in [9.17, 15) is 4.79 Å². The highest BCUT2D eigenvalue weighted by Crippen LogP contribution is 2.21. The monoisotopic (exact) mass is 492 g/mol. The number of carbonyl (C=O) groups is 1. The Labute approximate surface area is 179 Å². The molecule has 7 nitrogen and oxygen atoms in total. The van der Waals surface area contributed by atoms with Crippen LogP contribution in [-0.2, 0) is 0 Å². The maximum Gasteiger partial charge on any atom is 0.255 e. The molecular weight excluding hydrogens is 467 g/mol. The third-order valence-corrected chi connectivity index (χ3v) is 6.40. The van der Waals surface area contributed by atoms with Crippen LogP contribution in [0.15, 0.2) is 36.7 Å². The van der Waals surface area contributed by atoms with Gasteiger partial charge in [-0.1, -0.05) is 12.1 Å². The van der Waals surface area contributed by atoms with Crippen LogP contribution in [0, 0.1) is 3.57 Å². The lowest BCUT2D eigenvalue weighted by Gasteiger charge is -2.36. The van der Waals surface area contributed by atoms with Crippen LogP contribution in [0.1, 0.15) is 10.4 Å². The first-order chi connectivity index (χ1) is 13.6. The summed E-state index contributed by atoms with van der Waals surface area (Å²) < 4.78 is 1.00. The van der Waals surface area contributed by atoms with Gasteiger partial charge in [-0.05, 0) is 41.8 Å². The number of nitrogens with zero attached hydrogens (tertiary/aromatic N) is 6.